The Morgan fingerprint density at radius 1 is 1.33 bits per heavy atom. The highest BCUT2D eigenvalue weighted by molar-refractivity contribution is 5.85. The van der Waals surface area contributed by atoms with Gasteiger partial charge < -0.3 is 10.1 Å². The molecular formula is C18H22N2O. The molecule has 3 rings (SSSR count). The van der Waals surface area contributed by atoms with E-state index in [1.54, 1.807) is 0 Å². The minimum Gasteiger partial charge on any atom is -0.493 e. The summed E-state index contributed by atoms with van der Waals surface area (Å²) in [5.41, 5.74) is 2.06. The number of nitrogens with zero attached hydrogens (tertiary/aromatic N) is 1. The first-order valence-electron chi connectivity index (χ1n) is 7.72. The Morgan fingerprint density at radius 3 is 3.00 bits per heavy atom. The standard InChI is InChI=1S/C18H22N2O/c1-2-3-6-11-21-18-12-15(13-19-14-9-10-14)20-17-8-5-4-7-16(17)18/h2,4-5,7-8,12,14,19H,1,3,6,9-11,13H2. The average Bonchev–Trinajstić information content (AvgIpc) is 3.34. The summed E-state index contributed by atoms with van der Waals surface area (Å²) in [6, 6.07) is 10.9. The summed E-state index contributed by atoms with van der Waals surface area (Å²) >= 11 is 0. The molecule has 1 aromatic heterocycles. The third kappa shape index (κ3) is 3.82. The molecule has 1 saturated carbocycles. The third-order valence-electron chi connectivity index (χ3n) is 3.69. The molecule has 0 unspecified atom stereocenters. The topological polar surface area (TPSA) is 34.1 Å². The molecule has 3 nitrogen and oxygen atoms in total. The van der Waals surface area contributed by atoms with Gasteiger partial charge >= 0.3 is 0 Å². The quantitative estimate of drug-likeness (QED) is 0.590. The second kappa shape index (κ2) is 6.72. The highest BCUT2D eigenvalue weighted by Gasteiger charge is 2.20. The number of allylic oxidation sites excluding steroid dienone is 1. The number of pyridine rings is 1. The van der Waals surface area contributed by atoms with E-state index < -0.39 is 0 Å². The lowest BCUT2D eigenvalue weighted by Crippen LogP contribution is -2.16. The minimum atomic E-state index is 0.690. The van der Waals surface area contributed by atoms with Crippen LogP contribution >= 0.6 is 0 Å². The van der Waals surface area contributed by atoms with Crippen LogP contribution in [0.1, 0.15) is 31.4 Å². The number of benzene rings is 1. The van der Waals surface area contributed by atoms with Crippen molar-refractivity contribution >= 4 is 10.9 Å². The lowest BCUT2D eigenvalue weighted by molar-refractivity contribution is 0.315. The monoisotopic (exact) mass is 282 g/mol. The number of fused-ring (bicyclic) bond motifs is 1. The molecule has 1 aromatic carbocycles. The van der Waals surface area contributed by atoms with Gasteiger partial charge in [0.1, 0.15) is 5.75 Å². The van der Waals surface area contributed by atoms with Gasteiger partial charge in [0, 0.05) is 24.0 Å². The van der Waals surface area contributed by atoms with Crippen LogP contribution in [0.2, 0.25) is 0 Å². The number of nitrogens with one attached hydrogen (secondary N) is 1. The van der Waals surface area contributed by atoms with E-state index in [1.807, 2.05) is 24.3 Å². The van der Waals surface area contributed by atoms with E-state index in [1.165, 1.54) is 12.8 Å². The van der Waals surface area contributed by atoms with Gasteiger partial charge in [-0.25, -0.2) is 0 Å². The Labute approximate surface area is 126 Å². The molecule has 1 heterocycles. The van der Waals surface area contributed by atoms with Gasteiger partial charge in [-0.3, -0.25) is 4.98 Å². The first-order valence-corrected chi connectivity index (χ1v) is 7.72. The second-order valence-electron chi connectivity index (χ2n) is 5.56. The predicted molar refractivity (Wildman–Crippen MR) is 86.5 cm³/mol. The summed E-state index contributed by atoms with van der Waals surface area (Å²) in [6.45, 7) is 5.28. The molecule has 3 heteroatoms. The number of ether oxygens (including phenoxy) is 1. The van der Waals surface area contributed by atoms with Gasteiger partial charge in [-0.05, 0) is 37.8 Å². The van der Waals surface area contributed by atoms with Crippen molar-refractivity contribution in [3.8, 4) is 5.75 Å². The zero-order valence-corrected chi connectivity index (χ0v) is 12.3. The molecule has 1 aliphatic rings. The van der Waals surface area contributed by atoms with Gasteiger partial charge in [0.05, 0.1) is 17.8 Å². The number of aromatic nitrogens is 1. The fraction of sp³-hybridized carbons (Fsp3) is 0.389. The predicted octanol–water partition coefficient (Wildman–Crippen LogP) is 3.83. The molecule has 0 bridgehead atoms. The fourth-order valence-corrected chi connectivity index (χ4v) is 2.35. The van der Waals surface area contributed by atoms with E-state index >= 15 is 0 Å². The largest absolute Gasteiger partial charge is 0.493 e. The third-order valence-corrected chi connectivity index (χ3v) is 3.69. The average molecular weight is 282 g/mol. The van der Waals surface area contributed by atoms with Crippen molar-refractivity contribution in [2.45, 2.75) is 38.3 Å². The molecular weight excluding hydrogens is 260 g/mol. The lowest BCUT2D eigenvalue weighted by atomic mass is 10.2. The van der Waals surface area contributed by atoms with Gasteiger partial charge in [-0.15, -0.1) is 6.58 Å². The van der Waals surface area contributed by atoms with Crippen LogP contribution in [0.3, 0.4) is 0 Å². The van der Waals surface area contributed by atoms with Crippen LogP contribution in [0.15, 0.2) is 43.0 Å². The van der Waals surface area contributed by atoms with Crippen LogP contribution in [-0.4, -0.2) is 17.6 Å². The van der Waals surface area contributed by atoms with Crippen molar-refractivity contribution in [3.05, 3.63) is 48.7 Å². The van der Waals surface area contributed by atoms with E-state index in [0.29, 0.717) is 6.04 Å². The maximum absolute atomic E-state index is 5.97. The highest BCUT2D eigenvalue weighted by Crippen LogP contribution is 2.26. The summed E-state index contributed by atoms with van der Waals surface area (Å²) in [6.07, 6.45) is 6.49. The second-order valence-corrected chi connectivity index (χ2v) is 5.56. The lowest BCUT2D eigenvalue weighted by Gasteiger charge is -2.11. The Bertz CT molecular complexity index is 620. The summed E-state index contributed by atoms with van der Waals surface area (Å²) in [5.74, 6) is 0.942. The summed E-state index contributed by atoms with van der Waals surface area (Å²) in [7, 11) is 0. The van der Waals surface area contributed by atoms with E-state index in [9.17, 15) is 0 Å². The molecule has 110 valence electrons. The van der Waals surface area contributed by atoms with Gasteiger partial charge in [0.25, 0.3) is 0 Å². The van der Waals surface area contributed by atoms with Crippen molar-refractivity contribution in [2.75, 3.05) is 6.61 Å². The van der Waals surface area contributed by atoms with Gasteiger partial charge in [-0.2, -0.15) is 0 Å². The van der Waals surface area contributed by atoms with Crippen molar-refractivity contribution < 1.29 is 4.74 Å². The van der Waals surface area contributed by atoms with Crippen molar-refractivity contribution in [2.24, 2.45) is 0 Å². The van der Waals surface area contributed by atoms with Crippen molar-refractivity contribution in [1.82, 2.24) is 10.3 Å². The highest BCUT2D eigenvalue weighted by atomic mass is 16.5. The molecule has 0 saturated heterocycles. The zero-order chi connectivity index (χ0) is 14.5. The smallest absolute Gasteiger partial charge is 0.130 e. The number of rotatable bonds is 8. The van der Waals surface area contributed by atoms with Crippen LogP contribution in [-0.2, 0) is 6.54 Å². The maximum atomic E-state index is 5.97. The van der Waals surface area contributed by atoms with Gasteiger partial charge in [0.2, 0.25) is 0 Å². The van der Waals surface area contributed by atoms with E-state index in [0.717, 1.165) is 48.3 Å². The van der Waals surface area contributed by atoms with Crippen molar-refractivity contribution in [3.63, 3.8) is 0 Å². The van der Waals surface area contributed by atoms with E-state index in [2.05, 4.69) is 24.0 Å². The molecule has 0 aliphatic heterocycles. The Kier molecular flexibility index (Phi) is 4.51. The molecule has 1 aliphatic carbocycles. The Balaban J connectivity index is 1.78. The van der Waals surface area contributed by atoms with Crippen LogP contribution in [0.5, 0.6) is 5.75 Å². The van der Waals surface area contributed by atoms with Crippen LogP contribution < -0.4 is 10.1 Å². The van der Waals surface area contributed by atoms with Gasteiger partial charge in [-0.1, -0.05) is 18.2 Å². The minimum absolute atomic E-state index is 0.690. The molecule has 0 radical (unpaired) electrons. The maximum Gasteiger partial charge on any atom is 0.130 e. The number of hydrogen-bond acceptors (Lipinski definition) is 3. The number of unbranched alkanes of at least 4 members (excludes halogenated alkanes) is 1. The first kappa shape index (κ1) is 14.1. The summed E-state index contributed by atoms with van der Waals surface area (Å²) in [4.78, 5) is 4.72. The molecule has 21 heavy (non-hydrogen) atoms. The van der Waals surface area contributed by atoms with Crippen LogP contribution in [0, 0.1) is 0 Å². The molecule has 1 fully saturated rings. The first-order chi connectivity index (χ1) is 10.4. The normalized spacial score (nSPS) is 14.3. The molecule has 1 N–H and O–H groups in total. The van der Waals surface area contributed by atoms with Gasteiger partial charge in [0.15, 0.2) is 0 Å². The fourth-order valence-electron chi connectivity index (χ4n) is 2.35. The van der Waals surface area contributed by atoms with Crippen molar-refractivity contribution in [1.29, 1.82) is 0 Å². The van der Waals surface area contributed by atoms with Crippen LogP contribution in [0.4, 0.5) is 0 Å². The molecule has 2 aromatic rings. The van der Waals surface area contributed by atoms with Crippen LogP contribution in [0.25, 0.3) is 10.9 Å². The van der Waals surface area contributed by atoms with E-state index in [4.69, 9.17) is 9.72 Å². The Hall–Kier alpha value is -1.87. The van der Waals surface area contributed by atoms with E-state index in [-0.39, 0.29) is 0 Å². The Morgan fingerprint density at radius 2 is 2.19 bits per heavy atom. The number of hydrogen-bond donors (Lipinski definition) is 1. The number of para-hydroxylation sites is 1. The summed E-state index contributed by atoms with van der Waals surface area (Å²) in [5, 5.41) is 4.60. The summed E-state index contributed by atoms with van der Waals surface area (Å²) < 4.78 is 5.97. The molecule has 0 spiro atoms. The zero-order valence-electron chi connectivity index (χ0n) is 12.3. The molecule has 0 amide bonds. The molecule has 0 atom stereocenters. The SMILES string of the molecule is C=CCCCOc1cc(CNC2CC2)nc2ccccc12.